The van der Waals surface area contributed by atoms with Crippen LogP contribution in [0.25, 0.3) is 22.4 Å². The first-order valence-electron chi connectivity index (χ1n) is 8.43. The molecule has 0 unspecified atom stereocenters. The molecule has 2 aromatic carbocycles. The predicted molar refractivity (Wildman–Crippen MR) is 90.8 cm³/mol. The fourth-order valence-electron chi connectivity index (χ4n) is 3.95. The van der Waals surface area contributed by atoms with Gasteiger partial charge >= 0.3 is 0 Å². The Morgan fingerprint density at radius 2 is 1.96 bits per heavy atom. The Balaban J connectivity index is 2.07. The highest BCUT2D eigenvalue weighted by Gasteiger charge is 2.27. The van der Waals surface area contributed by atoms with Crippen molar-refractivity contribution in [2.45, 2.75) is 39.2 Å². The van der Waals surface area contributed by atoms with Gasteiger partial charge in [-0.3, -0.25) is 0 Å². The van der Waals surface area contributed by atoms with E-state index in [0.29, 0.717) is 0 Å². The van der Waals surface area contributed by atoms with E-state index in [4.69, 9.17) is 0 Å². The molecule has 0 aliphatic carbocycles. The van der Waals surface area contributed by atoms with Crippen LogP contribution in [0.1, 0.15) is 30.4 Å². The first kappa shape index (κ1) is 14.4. The van der Waals surface area contributed by atoms with Crippen molar-refractivity contribution in [2.24, 2.45) is 7.05 Å². The second-order valence-electron chi connectivity index (χ2n) is 6.59. The highest BCUT2D eigenvalue weighted by Crippen LogP contribution is 2.29. The Morgan fingerprint density at radius 3 is 2.78 bits per heavy atom. The third-order valence-corrected chi connectivity index (χ3v) is 5.06. The Morgan fingerprint density at radius 1 is 1.09 bits per heavy atom. The lowest BCUT2D eigenvalue weighted by Gasteiger charge is -2.10. The number of hydrogen-bond acceptors (Lipinski definition) is 0. The van der Waals surface area contributed by atoms with E-state index in [1.807, 2.05) is 13.0 Å². The van der Waals surface area contributed by atoms with Crippen LogP contribution in [0.3, 0.4) is 0 Å². The smallest absolute Gasteiger partial charge is 0.226 e. The zero-order valence-corrected chi connectivity index (χ0v) is 13.8. The SMILES string of the molecule is Cc1cc(F)ccc1-c1n(C)c2cccc3c2[n+]1CCCCC3. The van der Waals surface area contributed by atoms with E-state index in [1.165, 1.54) is 41.7 Å². The van der Waals surface area contributed by atoms with E-state index in [1.54, 1.807) is 12.1 Å². The van der Waals surface area contributed by atoms with Gasteiger partial charge < -0.3 is 0 Å². The minimum absolute atomic E-state index is 0.168. The topological polar surface area (TPSA) is 8.81 Å². The molecule has 4 rings (SSSR count). The van der Waals surface area contributed by atoms with Gasteiger partial charge in [-0.1, -0.05) is 12.1 Å². The normalized spacial score (nSPS) is 14.7. The molecule has 1 aliphatic heterocycles. The minimum atomic E-state index is -0.168. The fraction of sp³-hybridized carbons (Fsp3) is 0.350. The van der Waals surface area contributed by atoms with Crippen molar-refractivity contribution >= 4 is 11.0 Å². The molecule has 3 heteroatoms. The summed E-state index contributed by atoms with van der Waals surface area (Å²) in [7, 11) is 2.12. The lowest BCUT2D eigenvalue weighted by molar-refractivity contribution is -0.662. The lowest BCUT2D eigenvalue weighted by Crippen LogP contribution is -2.37. The standard InChI is InChI=1S/C20H22FN2/c1-14-13-16(21)10-11-17(14)20-22(2)18-9-6-8-15-7-4-3-5-12-23(20)19(15)18/h6,8-11,13H,3-5,7,12H2,1-2H3/q+1. The van der Waals surface area contributed by atoms with Crippen LogP contribution in [0.4, 0.5) is 4.39 Å². The zero-order chi connectivity index (χ0) is 16.0. The van der Waals surface area contributed by atoms with Crippen molar-refractivity contribution in [1.29, 1.82) is 0 Å². The van der Waals surface area contributed by atoms with Crippen molar-refractivity contribution < 1.29 is 8.96 Å². The number of aromatic nitrogens is 2. The maximum Gasteiger partial charge on any atom is 0.289 e. The van der Waals surface area contributed by atoms with Gasteiger partial charge in [0.1, 0.15) is 5.82 Å². The van der Waals surface area contributed by atoms with Crippen molar-refractivity contribution in [1.82, 2.24) is 4.57 Å². The van der Waals surface area contributed by atoms with Crippen LogP contribution in [0.2, 0.25) is 0 Å². The summed E-state index contributed by atoms with van der Waals surface area (Å²) in [5, 5.41) is 0. The Labute approximate surface area is 136 Å². The molecule has 0 saturated heterocycles. The van der Waals surface area contributed by atoms with Gasteiger partial charge in [0.2, 0.25) is 0 Å². The summed E-state index contributed by atoms with van der Waals surface area (Å²) in [6, 6.07) is 11.7. The van der Waals surface area contributed by atoms with Crippen LogP contribution in [-0.2, 0) is 20.0 Å². The lowest BCUT2D eigenvalue weighted by atomic mass is 10.0. The maximum atomic E-state index is 13.5. The van der Waals surface area contributed by atoms with Crippen LogP contribution < -0.4 is 4.57 Å². The van der Waals surface area contributed by atoms with Gasteiger partial charge in [0, 0.05) is 5.56 Å². The maximum absolute atomic E-state index is 13.5. The van der Waals surface area contributed by atoms with Gasteiger partial charge in [-0.25, -0.2) is 13.5 Å². The molecule has 0 atom stereocenters. The van der Waals surface area contributed by atoms with Gasteiger partial charge in [0.05, 0.1) is 19.2 Å². The third-order valence-electron chi connectivity index (χ3n) is 5.06. The molecule has 0 fully saturated rings. The summed E-state index contributed by atoms with van der Waals surface area (Å²) in [6.07, 6.45) is 4.87. The summed E-state index contributed by atoms with van der Waals surface area (Å²) in [4.78, 5) is 0. The molecule has 3 aromatic rings. The molecule has 0 spiro atoms. The van der Waals surface area contributed by atoms with E-state index < -0.39 is 0 Å². The third kappa shape index (κ3) is 2.26. The first-order chi connectivity index (χ1) is 11.2. The molecule has 0 bridgehead atoms. The Hall–Kier alpha value is -2.16. The summed E-state index contributed by atoms with van der Waals surface area (Å²) in [5.41, 5.74) is 6.17. The van der Waals surface area contributed by atoms with E-state index in [9.17, 15) is 4.39 Å². The summed E-state index contributed by atoms with van der Waals surface area (Å²) < 4.78 is 18.2. The number of para-hydroxylation sites is 1. The van der Waals surface area contributed by atoms with Gasteiger partial charge in [0.25, 0.3) is 5.82 Å². The largest absolute Gasteiger partial charge is 0.289 e. The molecule has 0 N–H and O–H groups in total. The molecule has 0 saturated carbocycles. The second kappa shape index (κ2) is 5.48. The first-order valence-corrected chi connectivity index (χ1v) is 8.43. The molecular weight excluding hydrogens is 287 g/mol. The second-order valence-corrected chi connectivity index (χ2v) is 6.59. The highest BCUT2D eigenvalue weighted by atomic mass is 19.1. The van der Waals surface area contributed by atoms with Gasteiger partial charge in [-0.05, 0) is 62.4 Å². The summed E-state index contributed by atoms with van der Waals surface area (Å²) in [6.45, 7) is 3.02. The van der Waals surface area contributed by atoms with Crippen molar-refractivity contribution in [3.63, 3.8) is 0 Å². The van der Waals surface area contributed by atoms with Gasteiger partial charge in [-0.2, -0.15) is 0 Å². The van der Waals surface area contributed by atoms with Crippen LogP contribution in [0.15, 0.2) is 36.4 Å². The van der Waals surface area contributed by atoms with Crippen molar-refractivity contribution in [3.8, 4) is 11.4 Å². The summed E-state index contributed by atoms with van der Waals surface area (Å²) in [5.74, 6) is 1.02. The zero-order valence-electron chi connectivity index (χ0n) is 13.8. The van der Waals surface area contributed by atoms with E-state index in [0.717, 1.165) is 24.1 Å². The molecule has 2 heterocycles. The molecule has 0 radical (unpaired) electrons. The number of imidazole rings is 1. The van der Waals surface area contributed by atoms with E-state index in [2.05, 4.69) is 34.4 Å². The molecule has 1 aromatic heterocycles. The number of nitrogens with zero attached hydrogens (tertiary/aromatic N) is 2. The number of hydrogen-bond donors (Lipinski definition) is 0. The average molecular weight is 309 g/mol. The van der Waals surface area contributed by atoms with E-state index in [-0.39, 0.29) is 5.82 Å². The molecule has 0 amide bonds. The van der Waals surface area contributed by atoms with Crippen LogP contribution in [0, 0.1) is 12.7 Å². The molecule has 1 aliphatic rings. The van der Waals surface area contributed by atoms with Crippen LogP contribution in [0.5, 0.6) is 0 Å². The number of rotatable bonds is 1. The Kier molecular flexibility index (Phi) is 3.44. The average Bonchev–Trinajstić information content (AvgIpc) is 2.78. The monoisotopic (exact) mass is 309 g/mol. The fourth-order valence-corrected chi connectivity index (χ4v) is 3.95. The van der Waals surface area contributed by atoms with E-state index >= 15 is 0 Å². The van der Waals surface area contributed by atoms with Gasteiger partial charge in [0.15, 0.2) is 11.0 Å². The number of aryl methyl sites for hydroxylation is 4. The van der Waals surface area contributed by atoms with Crippen molar-refractivity contribution in [2.75, 3.05) is 0 Å². The predicted octanol–water partition coefficient (Wildman–Crippen LogP) is 4.31. The molecule has 118 valence electrons. The van der Waals surface area contributed by atoms with Crippen LogP contribution >= 0.6 is 0 Å². The summed E-state index contributed by atoms with van der Waals surface area (Å²) >= 11 is 0. The van der Waals surface area contributed by atoms with Gasteiger partial charge in [-0.15, -0.1) is 0 Å². The molecule has 23 heavy (non-hydrogen) atoms. The molecular formula is C20H22FN2+. The quantitative estimate of drug-likeness (QED) is 0.592. The number of benzene rings is 2. The minimum Gasteiger partial charge on any atom is -0.226 e. The van der Waals surface area contributed by atoms with Crippen molar-refractivity contribution in [3.05, 3.63) is 53.3 Å². The molecule has 2 nitrogen and oxygen atoms in total. The van der Waals surface area contributed by atoms with Crippen LogP contribution in [-0.4, -0.2) is 4.57 Å². The number of halogens is 1. The highest BCUT2D eigenvalue weighted by molar-refractivity contribution is 5.79. The Bertz CT molecular complexity index is 892.